The van der Waals surface area contributed by atoms with E-state index in [1.807, 2.05) is 0 Å². The molecule has 32 heavy (non-hydrogen) atoms. The molecule has 1 amide bonds. The zero-order valence-corrected chi connectivity index (χ0v) is 19.8. The Bertz CT molecular complexity index is 996. The van der Waals surface area contributed by atoms with Crippen LogP contribution in [-0.4, -0.2) is 34.3 Å². The monoisotopic (exact) mass is 467 g/mol. The molecular weight excluding hydrogens is 430 g/mol. The van der Waals surface area contributed by atoms with Gasteiger partial charge in [-0.05, 0) is 24.6 Å². The molecule has 1 unspecified atom stereocenters. The standard InChI is InChI=1S/C23H37N3O5S/c1-2-3-4-5-6-7-8-9-10-11-12-13-14-21(32(29,30)31)23(28)24-18-15-16-19-20(17-18)25-26-22(19)27/h15-17,21H,2-14H2,1H3,(H,24,28)(H2,25,26,27)(H,29,30,31). The first-order valence-corrected chi connectivity index (χ1v) is 13.3. The SMILES string of the molecule is CCCCCCCCCCCCCCC(C(=O)Nc1ccc2c(=O)[nH][nH]c2c1)S(=O)(=O)O. The van der Waals surface area contributed by atoms with Gasteiger partial charge in [0, 0.05) is 5.69 Å². The first kappa shape index (κ1) is 26.1. The third-order valence-corrected chi connectivity index (χ3v) is 6.98. The molecule has 2 rings (SSSR count). The minimum absolute atomic E-state index is 0.0747. The molecule has 0 radical (unpaired) electrons. The van der Waals surface area contributed by atoms with Crippen LogP contribution >= 0.6 is 0 Å². The van der Waals surface area contributed by atoms with Gasteiger partial charge in [-0.3, -0.25) is 24.3 Å². The molecule has 9 heteroatoms. The first-order chi connectivity index (χ1) is 15.3. The van der Waals surface area contributed by atoms with Gasteiger partial charge in [-0.15, -0.1) is 0 Å². The van der Waals surface area contributed by atoms with Crippen LogP contribution < -0.4 is 10.9 Å². The summed E-state index contributed by atoms with van der Waals surface area (Å²) >= 11 is 0. The molecular formula is C23H37N3O5S. The highest BCUT2D eigenvalue weighted by atomic mass is 32.2. The molecule has 1 aromatic heterocycles. The van der Waals surface area contributed by atoms with Gasteiger partial charge in [-0.2, -0.15) is 8.42 Å². The van der Waals surface area contributed by atoms with E-state index >= 15 is 0 Å². The van der Waals surface area contributed by atoms with Gasteiger partial charge in [-0.1, -0.05) is 84.0 Å². The number of aromatic amines is 2. The molecule has 0 bridgehead atoms. The summed E-state index contributed by atoms with van der Waals surface area (Å²) in [7, 11) is -4.51. The number of carbonyl (C=O) groups excluding carboxylic acids is 1. The number of aromatic nitrogens is 2. The number of carbonyl (C=O) groups is 1. The minimum atomic E-state index is -4.51. The van der Waals surface area contributed by atoms with Crippen LogP contribution in [-0.2, 0) is 14.9 Å². The lowest BCUT2D eigenvalue weighted by molar-refractivity contribution is -0.116. The normalized spacial score (nSPS) is 12.8. The second kappa shape index (κ2) is 13.4. The Morgan fingerprint density at radius 2 is 1.50 bits per heavy atom. The summed E-state index contributed by atoms with van der Waals surface area (Å²) in [4.78, 5) is 24.1. The minimum Gasteiger partial charge on any atom is -0.325 e. The van der Waals surface area contributed by atoms with Crippen molar-refractivity contribution in [1.82, 2.24) is 10.2 Å². The van der Waals surface area contributed by atoms with E-state index in [0.29, 0.717) is 23.0 Å². The van der Waals surface area contributed by atoms with Crippen LogP contribution in [0, 0.1) is 0 Å². The lowest BCUT2D eigenvalue weighted by atomic mass is 10.0. The average Bonchev–Trinajstić information content (AvgIpc) is 3.10. The first-order valence-electron chi connectivity index (χ1n) is 11.8. The number of fused-ring (bicyclic) bond motifs is 1. The summed E-state index contributed by atoms with van der Waals surface area (Å²) in [6, 6.07) is 4.60. The van der Waals surface area contributed by atoms with Crippen LogP contribution in [0.15, 0.2) is 23.0 Å². The highest BCUT2D eigenvalue weighted by Crippen LogP contribution is 2.18. The number of amides is 1. The van der Waals surface area contributed by atoms with E-state index in [0.717, 1.165) is 19.3 Å². The van der Waals surface area contributed by atoms with E-state index in [9.17, 15) is 22.6 Å². The van der Waals surface area contributed by atoms with E-state index in [4.69, 9.17) is 0 Å². The highest BCUT2D eigenvalue weighted by molar-refractivity contribution is 7.87. The van der Waals surface area contributed by atoms with E-state index in [-0.39, 0.29) is 12.0 Å². The van der Waals surface area contributed by atoms with Gasteiger partial charge < -0.3 is 5.32 Å². The molecule has 0 aliphatic rings. The molecule has 0 aliphatic heterocycles. The Morgan fingerprint density at radius 1 is 0.938 bits per heavy atom. The van der Waals surface area contributed by atoms with Crippen molar-refractivity contribution in [3.63, 3.8) is 0 Å². The van der Waals surface area contributed by atoms with E-state index in [1.54, 1.807) is 0 Å². The summed E-state index contributed by atoms with van der Waals surface area (Å²) in [6.45, 7) is 2.22. The maximum Gasteiger partial charge on any atom is 0.276 e. The summed E-state index contributed by atoms with van der Waals surface area (Å²) < 4.78 is 33.0. The Morgan fingerprint density at radius 3 is 2.06 bits per heavy atom. The van der Waals surface area contributed by atoms with Gasteiger partial charge in [0.25, 0.3) is 15.7 Å². The highest BCUT2D eigenvalue weighted by Gasteiger charge is 2.30. The summed E-state index contributed by atoms with van der Waals surface area (Å²) in [5.41, 5.74) is 0.568. The number of hydrogen-bond acceptors (Lipinski definition) is 4. The molecule has 0 aliphatic carbocycles. The van der Waals surface area contributed by atoms with Crippen LogP contribution in [0.2, 0.25) is 0 Å². The lowest BCUT2D eigenvalue weighted by Crippen LogP contribution is -2.34. The van der Waals surface area contributed by atoms with Gasteiger partial charge in [0.1, 0.15) is 0 Å². The fraction of sp³-hybridized carbons (Fsp3) is 0.652. The molecule has 2 aromatic rings. The maximum atomic E-state index is 12.5. The molecule has 180 valence electrons. The Labute approximate surface area is 190 Å². The van der Waals surface area contributed by atoms with Gasteiger partial charge in [0.15, 0.2) is 5.25 Å². The molecule has 4 N–H and O–H groups in total. The Kier molecular flexibility index (Phi) is 11.0. The number of anilines is 1. The van der Waals surface area contributed by atoms with Crippen LogP contribution in [0.25, 0.3) is 10.9 Å². The number of H-pyrrole nitrogens is 2. The van der Waals surface area contributed by atoms with Crippen molar-refractivity contribution in [2.75, 3.05) is 5.32 Å². The van der Waals surface area contributed by atoms with Crippen molar-refractivity contribution in [3.8, 4) is 0 Å². The topological polar surface area (TPSA) is 132 Å². The Hall–Kier alpha value is -2.13. The molecule has 0 saturated heterocycles. The predicted octanol–water partition coefficient (Wildman–Crippen LogP) is 5.14. The molecule has 1 atom stereocenters. The number of hydrogen-bond donors (Lipinski definition) is 4. The lowest BCUT2D eigenvalue weighted by Gasteiger charge is -2.14. The van der Waals surface area contributed by atoms with Crippen LogP contribution in [0.1, 0.15) is 90.4 Å². The summed E-state index contributed by atoms with van der Waals surface area (Å²) in [5.74, 6) is -0.771. The number of benzene rings is 1. The van der Waals surface area contributed by atoms with E-state index in [1.165, 1.54) is 69.6 Å². The van der Waals surface area contributed by atoms with Gasteiger partial charge >= 0.3 is 0 Å². The van der Waals surface area contributed by atoms with Crippen molar-refractivity contribution in [2.45, 2.75) is 95.6 Å². The van der Waals surface area contributed by atoms with Crippen LogP contribution in [0.3, 0.4) is 0 Å². The van der Waals surface area contributed by atoms with Gasteiger partial charge in [0.05, 0.1) is 10.9 Å². The van der Waals surface area contributed by atoms with Gasteiger partial charge in [-0.25, -0.2) is 0 Å². The quantitative estimate of drug-likeness (QED) is 0.200. The van der Waals surface area contributed by atoms with Gasteiger partial charge in [0.2, 0.25) is 5.91 Å². The molecule has 8 nitrogen and oxygen atoms in total. The largest absolute Gasteiger partial charge is 0.325 e. The van der Waals surface area contributed by atoms with Crippen LogP contribution in [0.4, 0.5) is 5.69 Å². The van der Waals surface area contributed by atoms with Crippen molar-refractivity contribution in [3.05, 3.63) is 28.6 Å². The van der Waals surface area contributed by atoms with Crippen molar-refractivity contribution >= 4 is 32.6 Å². The molecule has 1 aromatic carbocycles. The average molecular weight is 468 g/mol. The number of nitrogens with one attached hydrogen (secondary N) is 3. The van der Waals surface area contributed by atoms with Crippen LogP contribution in [0.5, 0.6) is 0 Å². The zero-order chi connectivity index (χ0) is 23.4. The molecule has 0 spiro atoms. The molecule has 0 fully saturated rings. The third-order valence-electron chi connectivity index (χ3n) is 5.81. The molecule has 1 heterocycles. The van der Waals surface area contributed by atoms with E-state index in [2.05, 4.69) is 22.4 Å². The van der Waals surface area contributed by atoms with Crippen molar-refractivity contribution < 1.29 is 17.8 Å². The second-order valence-electron chi connectivity index (χ2n) is 8.51. The summed E-state index contributed by atoms with van der Waals surface area (Å²) in [5, 5.41) is 6.58. The number of rotatable bonds is 16. The fourth-order valence-corrected chi connectivity index (χ4v) is 4.72. The van der Waals surface area contributed by atoms with Crippen molar-refractivity contribution in [1.29, 1.82) is 0 Å². The third kappa shape index (κ3) is 8.78. The zero-order valence-electron chi connectivity index (χ0n) is 19.0. The second-order valence-corrected chi connectivity index (χ2v) is 10.1. The predicted molar refractivity (Wildman–Crippen MR) is 129 cm³/mol. The smallest absolute Gasteiger partial charge is 0.276 e. The molecule has 0 saturated carbocycles. The van der Waals surface area contributed by atoms with E-state index < -0.39 is 21.3 Å². The fourth-order valence-electron chi connectivity index (χ4n) is 3.92. The summed E-state index contributed by atoms with van der Waals surface area (Å²) in [6.07, 6.45) is 13.8. The Balaban J connectivity index is 1.70. The van der Waals surface area contributed by atoms with Crippen molar-refractivity contribution in [2.24, 2.45) is 0 Å². The number of unbranched alkanes of at least 4 members (excludes halogenated alkanes) is 11. The maximum absolute atomic E-state index is 12.5.